The fourth-order valence-electron chi connectivity index (χ4n) is 0. The molecule has 0 fully saturated rings. The zero-order chi connectivity index (χ0) is 7.86. The number of hydrogen-bond donors (Lipinski definition) is 0. The second kappa shape index (κ2) is 18.1. The normalized spacial score (nSPS) is 5.64. The standard InChI is InChI=1S/C4H8O.CH2O3.2K/c1-3-4(2)5;2-1(3)4;;/h3H2,1-2H3;(H2,2,3,4);;/q;;2*+1/p-2. The number of hydrogen-bond acceptors (Lipinski definition) is 4. The van der Waals surface area contributed by atoms with Crippen molar-refractivity contribution in [3.8, 4) is 0 Å². The molecule has 0 aliphatic rings. The fourth-order valence-corrected chi connectivity index (χ4v) is 0. The van der Waals surface area contributed by atoms with Crippen LogP contribution in [0.15, 0.2) is 0 Å². The van der Waals surface area contributed by atoms with Gasteiger partial charge < -0.3 is 19.8 Å². The molecule has 4 nitrogen and oxygen atoms in total. The Balaban J connectivity index is -0.0000000383. The first kappa shape index (κ1) is 23.2. The van der Waals surface area contributed by atoms with Gasteiger partial charge in [0.05, 0.1) is 0 Å². The van der Waals surface area contributed by atoms with Crippen LogP contribution in [-0.4, -0.2) is 11.9 Å². The summed E-state index contributed by atoms with van der Waals surface area (Å²) < 4.78 is 0. The summed E-state index contributed by atoms with van der Waals surface area (Å²) in [5.74, 6) is 0.255. The monoisotopic (exact) mass is 210 g/mol. The smallest absolute Gasteiger partial charge is 0.652 e. The molecule has 6 heteroatoms. The van der Waals surface area contributed by atoms with Crippen LogP contribution in [0.3, 0.4) is 0 Å². The van der Waals surface area contributed by atoms with E-state index < -0.39 is 6.16 Å². The zero-order valence-electron chi connectivity index (χ0n) is 7.34. The molecule has 0 heterocycles. The molecule has 0 aliphatic heterocycles. The first-order chi connectivity index (χ1) is 4.00. The van der Waals surface area contributed by atoms with Crippen LogP contribution < -0.4 is 113 Å². The Labute approximate surface area is 151 Å². The molecule has 0 N–H and O–H groups in total. The molecule has 0 unspecified atom stereocenters. The zero-order valence-corrected chi connectivity index (χ0v) is 13.6. The van der Waals surface area contributed by atoms with Gasteiger partial charge in [0, 0.05) is 6.42 Å². The minimum atomic E-state index is -2.33. The molecular formula is C5H8K2O4. The van der Waals surface area contributed by atoms with Crippen LogP contribution in [0.5, 0.6) is 0 Å². The maximum Gasteiger partial charge on any atom is 1.00 e. The maximum atomic E-state index is 9.81. The third-order valence-electron chi connectivity index (χ3n) is 0.498. The Morgan fingerprint density at radius 3 is 1.27 bits per heavy atom. The largest absolute Gasteiger partial charge is 1.00 e. The Morgan fingerprint density at radius 2 is 1.27 bits per heavy atom. The summed E-state index contributed by atoms with van der Waals surface area (Å²) in [5.41, 5.74) is 0. The number of carbonyl (C=O) groups is 2. The van der Waals surface area contributed by atoms with E-state index >= 15 is 0 Å². The topological polar surface area (TPSA) is 80.3 Å². The SMILES string of the molecule is CCC(C)=O.O=C([O-])[O-].[K+].[K+]. The van der Waals surface area contributed by atoms with Gasteiger partial charge in [-0.2, -0.15) is 0 Å². The van der Waals surface area contributed by atoms with E-state index in [1.54, 1.807) is 6.92 Å². The van der Waals surface area contributed by atoms with Gasteiger partial charge in [-0.3, -0.25) is 0 Å². The third-order valence-corrected chi connectivity index (χ3v) is 0.498. The van der Waals surface area contributed by atoms with Gasteiger partial charge in [0.2, 0.25) is 0 Å². The molecule has 0 atom stereocenters. The molecule has 0 rings (SSSR count). The fraction of sp³-hybridized carbons (Fsp3) is 0.600. The molecule has 0 aromatic carbocycles. The molecule has 0 saturated heterocycles. The molecule has 0 aliphatic carbocycles. The molecule has 0 radical (unpaired) electrons. The summed E-state index contributed by atoms with van der Waals surface area (Å²) in [6.45, 7) is 3.43. The van der Waals surface area contributed by atoms with E-state index in [0.717, 1.165) is 0 Å². The van der Waals surface area contributed by atoms with E-state index in [-0.39, 0.29) is 109 Å². The van der Waals surface area contributed by atoms with Crippen LogP contribution in [-0.2, 0) is 4.79 Å². The molecule has 0 bridgehead atoms. The number of carbonyl (C=O) groups excluding carboxylic acids is 2. The van der Waals surface area contributed by atoms with Gasteiger partial charge in [0.15, 0.2) is 0 Å². The third kappa shape index (κ3) is 71.8. The van der Waals surface area contributed by atoms with Crippen molar-refractivity contribution in [1.82, 2.24) is 0 Å². The summed E-state index contributed by atoms with van der Waals surface area (Å²) in [4.78, 5) is 18.1. The molecule has 0 saturated carbocycles. The average molecular weight is 210 g/mol. The first-order valence-corrected chi connectivity index (χ1v) is 2.38. The minimum Gasteiger partial charge on any atom is -0.652 e. The average Bonchev–Trinajstić information content (AvgIpc) is 1.65. The number of ketones is 1. The van der Waals surface area contributed by atoms with E-state index in [1.165, 1.54) is 0 Å². The van der Waals surface area contributed by atoms with Crippen LogP contribution in [0, 0.1) is 0 Å². The Kier molecular flexibility index (Phi) is 38.2. The maximum absolute atomic E-state index is 9.81. The quantitative estimate of drug-likeness (QED) is 0.403. The van der Waals surface area contributed by atoms with Crippen molar-refractivity contribution in [2.24, 2.45) is 0 Å². The number of carboxylic acid groups (broad SMARTS) is 2. The van der Waals surface area contributed by atoms with Crippen molar-refractivity contribution in [2.45, 2.75) is 20.3 Å². The second-order valence-electron chi connectivity index (χ2n) is 1.31. The van der Waals surface area contributed by atoms with Crippen LogP contribution in [0.25, 0.3) is 0 Å². The molecular weight excluding hydrogens is 202 g/mol. The van der Waals surface area contributed by atoms with Crippen LogP contribution in [0.2, 0.25) is 0 Å². The summed E-state index contributed by atoms with van der Waals surface area (Å²) in [7, 11) is 0. The Hall–Kier alpha value is 2.21. The predicted octanol–water partition coefficient (Wildman–Crippen LogP) is -7.45. The van der Waals surface area contributed by atoms with Gasteiger partial charge in [-0.05, 0) is 13.1 Å². The van der Waals surface area contributed by atoms with Gasteiger partial charge in [0.25, 0.3) is 0 Å². The summed E-state index contributed by atoms with van der Waals surface area (Å²) in [6.07, 6.45) is -1.67. The first-order valence-electron chi connectivity index (χ1n) is 2.38. The van der Waals surface area contributed by atoms with E-state index in [0.29, 0.717) is 6.42 Å². The van der Waals surface area contributed by atoms with E-state index in [2.05, 4.69) is 0 Å². The number of Topliss-reactive ketones (excluding diaryl/α,β-unsaturated/α-hetero) is 1. The molecule has 11 heavy (non-hydrogen) atoms. The molecule has 0 spiro atoms. The second-order valence-corrected chi connectivity index (χ2v) is 1.31. The molecule has 0 aromatic rings. The Bertz CT molecular complexity index is 101. The van der Waals surface area contributed by atoms with Crippen molar-refractivity contribution in [3.05, 3.63) is 0 Å². The van der Waals surface area contributed by atoms with Gasteiger partial charge in [0.1, 0.15) is 5.78 Å². The predicted molar refractivity (Wildman–Crippen MR) is 26.4 cm³/mol. The summed E-state index contributed by atoms with van der Waals surface area (Å²) >= 11 is 0. The van der Waals surface area contributed by atoms with Crippen LogP contribution >= 0.6 is 0 Å². The van der Waals surface area contributed by atoms with Crippen LogP contribution in [0.4, 0.5) is 4.79 Å². The van der Waals surface area contributed by atoms with Gasteiger partial charge >= 0.3 is 103 Å². The van der Waals surface area contributed by atoms with Gasteiger partial charge in [-0.25, -0.2) is 0 Å². The summed E-state index contributed by atoms with van der Waals surface area (Å²) in [5, 5.41) is 16.7. The number of rotatable bonds is 1. The molecule has 54 valence electrons. The van der Waals surface area contributed by atoms with Crippen molar-refractivity contribution in [1.29, 1.82) is 0 Å². The van der Waals surface area contributed by atoms with Crippen molar-refractivity contribution < 1.29 is 123 Å². The Morgan fingerprint density at radius 1 is 1.18 bits per heavy atom. The van der Waals surface area contributed by atoms with Crippen molar-refractivity contribution in [2.75, 3.05) is 0 Å². The van der Waals surface area contributed by atoms with Gasteiger partial charge in [-0.15, -0.1) is 0 Å². The van der Waals surface area contributed by atoms with Crippen LogP contribution in [0.1, 0.15) is 20.3 Å². The van der Waals surface area contributed by atoms with Crippen molar-refractivity contribution in [3.63, 3.8) is 0 Å². The van der Waals surface area contributed by atoms with Gasteiger partial charge in [-0.1, -0.05) is 6.92 Å². The minimum absolute atomic E-state index is 0. The van der Waals surface area contributed by atoms with Crippen molar-refractivity contribution >= 4 is 11.9 Å². The molecule has 0 amide bonds. The van der Waals surface area contributed by atoms with E-state index in [9.17, 15) is 4.79 Å². The summed E-state index contributed by atoms with van der Waals surface area (Å²) in [6, 6.07) is 0. The molecule has 0 aromatic heterocycles. The van der Waals surface area contributed by atoms with E-state index in [1.807, 2.05) is 6.92 Å². The van der Waals surface area contributed by atoms with E-state index in [4.69, 9.17) is 15.0 Å².